The van der Waals surface area contributed by atoms with Crippen molar-refractivity contribution in [1.82, 2.24) is 35.2 Å². The van der Waals surface area contributed by atoms with Gasteiger partial charge in [-0.3, -0.25) is 0 Å². The van der Waals surface area contributed by atoms with Crippen LogP contribution in [0.25, 0.3) is 16.8 Å². The van der Waals surface area contributed by atoms with E-state index in [0.717, 1.165) is 65.2 Å². The summed E-state index contributed by atoms with van der Waals surface area (Å²) in [6.07, 6.45) is 7.36. The molecule has 9 nitrogen and oxygen atoms in total. The molecule has 1 aliphatic rings. The molecule has 0 spiro atoms. The van der Waals surface area contributed by atoms with Gasteiger partial charge >= 0.3 is 0 Å². The average Bonchev–Trinajstić information content (AvgIpc) is 3.66. The molecule has 0 N–H and O–H groups in total. The normalized spacial score (nSPS) is 14.1. The molecular formula is C26H23ClN8OS. The Bertz CT molecular complexity index is 1430. The van der Waals surface area contributed by atoms with E-state index in [9.17, 15) is 0 Å². The number of piperidine rings is 1. The van der Waals surface area contributed by atoms with Crippen molar-refractivity contribution < 1.29 is 4.74 Å². The van der Waals surface area contributed by atoms with Gasteiger partial charge in [0.05, 0.1) is 16.4 Å². The second-order valence-electron chi connectivity index (χ2n) is 8.75. The fourth-order valence-electron chi connectivity index (χ4n) is 4.31. The first kappa shape index (κ1) is 23.5. The van der Waals surface area contributed by atoms with E-state index in [1.165, 1.54) is 5.01 Å². The van der Waals surface area contributed by atoms with Crippen LogP contribution in [0, 0.1) is 0 Å². The first-order valence-electron chi connectivity index (χ1n) is 11.9. The summed E-state index contributed by atoms with van der Waals surface area (Å²) < 4.78 is 7.54. The number of halogens is 1. The van der Waals surface area contributed by atoms with Gasteiger partial charge in [0.25, 0.3) is 0 Å². The Morgan fingerprint density at radius 2 is 1.70 bits per heavy atom. The maximum Gasteiger partial charge on any atom is 0.225 e. The van der Waals surface area contributed by atoms with E-state index in [2.05, 4.69) is 35.8 Å². The Morgan fingerprint density at radius 3 is 2.41 bits per heavy atom. The molecule has 186 valence electrons. The molecule has 0 amide bonds. The maximum atomic E-state index is 5.99. The lowest BCUT2D eigenvalue weighted by Gasteiger charge is -2.31. The van der Waals surface area contributed by atoms with Crippen LogP contribution in [-0.4, -0.2) is 48.2 Å². The molecule has 0 unspecified atom stereocenters. The lowest BCUT2D eigenvalue weighted by molar-refractivity contribution is 0.301. The van der Waals surface area contributed by atoms with Crippen LogP contribution in [0.15, 0.2) is 72.6 Å². The van der Waals surface area contributed by atoms with Crippen LogP contribution in [0.2, 0.25) is 5.02 Å². The van der Waals surface area contributed by atoms with E-state index >= 15 is 0 Å². The number of rotatable bonds is 7. The Hall–Kier alpha value is -3.89. The molecule has 0 atom stereocenters. The summed E-state index contributed by atoms with van der Waals surface area (Å²) in [4.78, 5) is 16.3. The van der Waals surface area contributed by atoms with Crippen molar-refractivity contribution in [2.24, 2.45) is 0 Å². The van der Waals surface area contributed by atoms with Crippen LogP contribution >= 0.6 is 22.9 Å². The second kappa shape index (κ2) is 10.6. The van der Waals surface area contributed by atoms with Crippen LogP contribution in [0.1, 0.15) is 29.5 Å². The van der Waals surface area contributed by atoms with Gasteiger partial charge in [-0.05, 0) is 65.2 Å². The maximum absolute atomic E-state index is 5.99. The number of thiazole rings is 1. The molecule has 0 aliphatic carbocycles. The van der Waals surface area contributed by atoms with Crippen molar-refractivity contribution in [2.45, 2.75) is 25.4 Å². The summed E-state index contributed by atoms with van der Waals surface area (Å²) in [5, 5.41) is 15.2. The van der Waals surface area contributed by atoms with Gasteiger partial charge < -0.3 is 9.64 Å². The zero-order valence-corrected chi connectivity index (χ0v) is 21.4. The lowest BCUT2D eigenvalue weighted by atomic mass is 9.98. The zero-order chi connectivity index (χ0) is 25.0. The molecule has 6 rings (SSSR count). The van der Waals surface area contributed by atoms with E-state index in [1.807, 2.05) is 60.9 Å². The molecular weight excluding hydrogens is 508 g/mol. The molecule has 1 fully saturated rings. The van der Waals surface area contributed by atoms with Gasteiger partial charge in [-0.2, -0.15) is 0 Å². The molecule has 1 aliphatic heterocycles. The standard InChI is InChI=1S/C26H23ClN8OS/c27-21-3-1-18(2-4-21)20-13-28-26(29-14-20)34-11-9-19(10-12-34)25-31-22(16-37-25)15-36-24-7-5-23(6-8-24)35-17-30-32-33-35/h1-8,13-14,16-17,19H,9-12,15H2. The van der Waals surface area contributed by atoms with Gasteiger partial charge in [-0.1, -0.05) is 23.7 Å². The molecule has 0 saturated carbocycles. The number of hydrogen-bond donors (Lipinski definition) is 0. The largest absolute Gasteiger partial charge is 0.487 e. The molecule has 4 heterocycles. The van der Waals surface area contributed by atoms with E-state index in [0.29, 0.717) is 12.5 Å². The third-order valence-electron chi connectivity index (χ3n) is 6.35. The fourth-order valence-corrected chi connectivity index (χ4v) is 5.41. The molecule has 3 aromatic heterocycles. The summed E-state index contributed by atoms with van der Waals surface area (Å²) in [5.41, 5.74) is 3.87. The van der Waals surface area contributed by atoms with E-state index in [1.54, 1.807) is 22.3 Å². The SMILES string of the molecule is Clc1ccc(-c2cnc(N3CCC(c4nc(COc5ccc(-n6cnnn6)cc5)cs4)CC3)nc2)cc1. The van der Waals surface area contributed by atoms with Crippen LogP contribution in [0.5, 0.6) is 5.75 Å². The van der Waals surface area contributed by atoms with Gasteiger partial charge in [0.15, 0.2) is 0 Å². The fraction of sp³-hybridized carbons (Fsp3) is 0.231. The number of hydrogen-bond acceptors (Lipinski definition) is 9. The van der Waals surface area contributed by atoms with Crippen LogP contribution in [-0.2, 0) is 6.61 Å². The van der Waals surface area contributed by atoms with Gasteiger partial charge in [0.1, 0.15) is 18.7 Å². The molecule has 37 heavy (non-hydrogen) atoms. The summed E-state index contributed by atoms with van der Waals surface area (Å²) in [5.74, 6) is 2.00. The first-order valence-corrected chi connectivity index (χ1v) is 13.2. The monoisotopic (exact) mass is 530 g/mol. The number of tetrazole rings is 1. The highest BCUT2D eigenvalue weighted by molar-refractivity contribution is 7.09. The van der Waals surface area contributed by atoms with Crippen LogP contribution < -0.4 is 9.64 Å². The minimum Gasteiger partial charge on any atom is -0.487 e. The predicted molar refractivity (Wildman–Crippen MR) is 142 cm³/mol. The minimum atomic E-state index is 0.438. The van der Waals surface area contributed by atoms with Crippen LogP contribution in [0.4, 0.5) is 5.95 Å². The van der Waals surface area contributed by atoms with Crippen LogP contribution in [0.3, 0.4) is 0 Å². The van der Waals surface area contributed by atoms with Crippen molar-refractivity contribution in [3.05, 3.63) is 88.4 Å². The Kier molecular flexibility index (Phi) is 6.74. The third-order valence-corrected chi connectivity index (χ3v) is 7.66. The van der Waals surface area contributed by atoms with E-state index in [4.69, 9.17) is 21.3 Å². The number of nitrogens with zero attached hydrogens (tertiary/aromatic N) is 8. The second-order valence-corrected chi connectivity index (χ2v) is 10.1. The highest BCUT2D eigenvalue weighted by Crippen LogP contribution is 2.32. The van der Waals surface area contributed by atoms with Crippen molar-refractivity contribution >= 4 is 28.9 Å². The average molecular weight is 531 g/mol. The Balaban J connectivity index is 1.01. The molecule has 11 heteroatoms. The Labute approximate surface area is 222 Å². The third kappa shape index (κ3) is 5.45. The van der Waals surface area contributed by atoms with Gasteiger partial charge in [-0.15, -0.1) is 16.4 Å². The van der Waals surface area contributed by atoms with Gasteiger partial charge in [-0.25, -0.2) is 19.6 Å². The molecule has 0 radical (unpaired) electrons. The molecule has 2 aromatic carbocycles. The Morgan fingerprint density at radius 1 is 0.946 bits per heavy atom. The van der Waals surface area contributed by atoms with Gasteiger partial charge in [0, 0.05) is 47.4 Å². The van der Waals surface area contributed by atoms with E-state index in [-0.39, 0.29) is 0 Å². The summed E-state index contributed by atoms with van der Waals surface area (Å²) in [6.45, 7) is 2.25. The molecule has 5 aromatic rings. The number of aromatic nitrogens is 7. The summed E-state index contributed by atoms with van der Waals surface area (Å²) in [7, 11) is 0. The minimum absolute atomic E-state index is 0.438. The van der Waals surface area contributed by atoms with Gasteiger partial charge in [0.2, 0.25) is 5.95 Å². The highest BCUT2D eigenvalue weighted by Gasteiger charge is 2.24. The number of benzene rings is 2. The predicted octanol–water partition coefficient (Wildman–Crippen LogP) is 5.19. The van der Waals surface area contributed by atoms with Crippen molar-refractivity contribution in [3.63, 3.8) is 0 Å². The lowest BCUT2D eigenvalue weighted by Crippen LogP contribution is -2.34. The smallest absolute Gasteiger partial charge is 0.225 e. The van der Waals surface area contributed by atoms with E-state index < -0.39 is 0 Å². The molecule has 1 saturated heterocycles. The summed E-state index contributed by atoms with van der Waals surface area (Å²) in [6, 6.07) is 15.4. The molecule has 0 bridgehead atoms. The quantitative estimate of drug-likeness (QED) is 0.283. The van der Waals surface area contributed by atoms with Crippen molar-refractivity contribution in [3.8, 4) is 22.6 Å². The van der Waals surface area contributed by atoms with Crippen molar-refractivity contribution in [1.29, 1.82) is 0 Å². The topological polar surface area (TPSA) is 94.7 Å². The number of anilines is 1. The highest BCUT2D eigenvalue weighted by atomic mass is 35.5. The zero-order valence-electron chi connectivity index (χ0n) is 19.8. The number of ether oxygens (including phenoxy) is 1. The van der Waals surface area contributed by atoms with Crippen molar-refractivity contribution in [2.75, 3.05) is 18.0 Å². The first-order chi connectivity index (χ1) is 18.2. The summed E-state index contributed by atoms with van der Waals surface area (Å²) >= 11 is 7.70.